The maximum absolute atomic E-state index is 13.0. The first-order chi connectivity index (χ1) is 13.7. The average molecular weight is 374 g/mol. The molecular weight excluding hydrogens is 348 g/mol. The summed E-state index contributed by atoms with van der Waals surface area (Å²) in [4.78, 5) is 26.0. The minimum Gasteiger partial charge on any atom is -0.337 e. The molecule has 0 radical (unpaired) electrons. The number of amides is 1. The summed E-state index contributed by atoms with van der Waals surface area (Å²) in [5, 5.41) is 0. The Balaban J connectivity index is 1.40. The van der Waals surface area contributed by atoms with E-state index in [1.54, 1.807) is 12.4 Å². The van der Waals surface area contributed by atoms with Crippen LogP contribution in [-0.4, -0.2) is 58.4 Å². The Hall–Kier alpha value is -2.79. The summed E-state index contributed by atoms with van der Waals surface area (Å²) in [6.07, 6.45) is 6.56. The number of hydrogen-bond donors (Lipinski definition) is 0. The standard InChI is InChI=1S/C23H26N4O/c1-26(23(28)19-9-10-21-22(16-19)25-13-12-24-21)20-8-5-14-27(17-20)15-11-18-6-3-2-4-7-18/h2-4,6-7,9-10,12-13,16,20H,5,8,11,14-15,17H2,1H3/t20-/m0/s1. The number of aromatic nitrogens is 2. The first-order valence-corrected chi connectivity index (χ1v) is 9.95. The van der Waals surface area contributed by atoms with Crippen LogP contribution in [0.25, 0.3) is 11.0 Å². The van der Waals surface area contributed by atoms with Gasteiger partial charge in [0.15, 0.2) is 0 Å². The van der Waals surface area contributed by atoms with E-state index in [1.807, 2.05) is 30.1 Å². The lowest BCUT2D eigenvalue weighted by Gasteiger charge is -2.37. The fourth-order valence-electron chi connectivity index (χ4n) is 3.95. The largest absolute Gasteiger partial charge is 0.337 e. The van der Waals surface area contributed by atoms with Crippen LogP contribution in [0.5, 0.6) is 0 Å². The number of piperidine rings is 1. The van der Waals surface area contributed by atoms with Gasteiger partial charge in [-0.2, -0.15) is 0 Å². The highest BCUT2D eigenvalue weighted by molar-refractivity contribution is 5.97. The molecule has 1 aliphatic heterocycles. The number of fused-ring (bicyclic) bond motifs is 1. The van der Waals surface area contributed by atoms with Crippen LogP contribution in [0, 0.1) is 0 Å². The summed E-state index contributed by atoms with van der Waals surface area (Å²) in [5.74, 6) is 0.0578. The fraction of sp³-hybridized carbons (Fsp3) is 0.348. The lowest BCUT2D eigenvalue weighted by atomic mass is 10.0. The number of benzene rings is 2. The molecule has 1 amide bonds. The zero-order chi connectivity index (χ0) is 19.3. The zero-order valence-corrected chi connectivity index (χ0v) is 16.3. The van der Waals surface area contributed by atoms with Gasteiger partial charge in [0.25, 0.3) is 5.91 Å². The van der Waals surface area contributed by atoms with Crippen molar-refractivity contribution in [1.29, 1.82) is 0 Å². The molecule has 5 nitrogen and oxygen atoms in total. The van der Waals surface area contributed by atoms with Crippen LogP contribution in [-0.2, 0) is 6.42 Å². The van der Waals surface area contributed by atoms with Crippen LogP contribution in [0.1, 0.15) is 28.8 Å². The molecule has 4 rings (SSSR count). The summed E-state index contributed by atoms with van der Waals surface area (Å²) in [6, 6.07) is 16.4. The van der Waals surface area contributed by atoms with Crippen LogP contribution >= 0.6 is 0 Å². The normalized spacial score (nSPS) is 17.5. The van der Waals surface area contributed by atoms with Gasteiger partial charge in [0.1, 0.15) is 0 Å². The van der Waals surface area contributed by atoms with E-state index in [4.69, 9.17) is 0 Å². The predicted octanol–water partition coefficient (Wildman–Crippen LogP) is 3.41. The van der Waals surface area contributed by atoms with Crippen molar-refractivity contribution in [2.75, 3.05) is 26.7 Å². The van der Waals surface area contributed by atoms with Gasteiger partial charge in [-0.3, -0.25) is 14.8 Å². The van der Waals surface area contributed by atoms with Crippen molar-refractivity contribution >= 4 is 16.9 Å². The number of likely N-dealkylation sites (N-methyl/N-ethyl adjacent to an activating group) is 1. The molecule has 2 heterocycles. The Morgan fingerprint density at radius 3 is 2.71 bits per heavy atom. The van der Waals surface area contributed by atoms with Crippen LogP contribution in [0.4, 0.5) is 0 Å². The Bertz CT molecular complexity index is 943. The van der Waals surface area contributed by atoms with Gasteiger partial charge in [0, 0.05) is 44.1 Å². The van der Waals surface area contributed by atoms with E-state index in [1.165, 1.54) is 5.56 Å². The van der Waals surface area contributed by atoms with Gasteiger partial charge in [-0.1, -0.05) is 30.3 Å². The quantitative estimate of drug-likeness (QED) is 0.687. The van der Waals surface area contributed by atoms with Gasteiger partial charge < -0.3 is 9.80 Å². The topological polar surface area (TPSA) is 49.3 Å². The summed E-state index contributed by atoms with van der Waals surface area (Å²) in [5.41, 5.74) is 3.62. The van der Waals surface area contributed by atoms with Gasteiger partial charge in [-0.05, 0) is 49.6 Å². The number of likely N-dealkylation sites (tertiary alicyclic amines) is 1. The lowest BCUT2D eigenvalue weighted by molar-refractivity contribution is 0.0619. The van der Waals surface area contributed by atoms with E-state index in [9.17, 15) is 4.79 Å². The second-order valence-electron chi connectivity index (χ2n) is 7.51. The SMILES string of the molecule is CN(C(=O)c1ccc2nccnc2c1)[C@H]1CCCN(CCc2ccccc2)C1. The van der Waals surface area contributed by atoms with E-state index < -0.39 is 0 Å². The molecule has 2 aromatic carbocycles. The molecule has 0 unspecified atom stereocenters. The third kappa shape index (κ3) is 4.20. The number of rotatable bonds is 5. The number of hydrogen-bond acceptors (Lipinski definition) is 4. The van der Waals surface area contributed by atoms with Gasteiger partial charge in [-0.25, -0.2) is 0 Å². The molecule has 3 aromatic rings. The number of carbonyl (C=O) groups excluding carboxylic acids is 1. The Morgan fingerprint density at radius 2 is 1.89 bits per heavy atom. The second-order valence-corrected chi connectivity index (χ2v) is 7.51. The first-order valence-electron chi connectivity index (χ1n) is 9.95. The van der Waals surface area contributed by atoms with Crippen molar-refractivity contribution in [3.8, 4) is 0 Å². The minimum absolute atomic E-state index is 0.0578. The smallest absolute Gasteiger partial charge is 0.253 e. The van der Waals surface area contributed by atoms with Crippen molar-refractivity contribution < 1.29 is 4.79 Å². The summed E-state index contributed by atoms with van der Waals surface area (Å²) in [6.45, 7) is 3.08. The molecule has 1 aliphatic rings. The third-order valence-corrected chi connectivity index (χ3v) is 5.62. The van der Waals surface area contributed by atoms with Gasteiger partial charge >= 0.3 is 0 Å². The Kier molecular flexibility index (Phi) is 5.63. The molecular formula is C23H26N4O. The highest BCUT2D eigenvalue weighted by Crippen LogP contribution is 2.19. The molecule has 0 N–H and O–H groups in total. The molecule has 0 aliphatic carbocycles. The fourth-order valence-corrected chi connectivity index (χ4v) is 3.95. The first kappa shape index (κ1) is 18.6. The second kappa shape index (κ2) is 8.48. The monoisotopic (exact) mass is 374 g/mol. The van der Waals surface area contributed by atoms with E-state index in [-0.39, 0.29) is 11.9 Å². The molecule has 144 valence electrons. The van der Waals surface area contributed by atoms with Crippen molar-refractivity contribution in [2.24, 2.45) is 0 Å². The average Bonchev–Trinajstić information content (AvgIpc) is 2.77. The molecule has 1 atom stereocenters. The zero-order valence-electron chi connectivity index (χ0n) is 16.3. The minimum atomic E-state index is 0.0578. The van der Waals surface area contributed by atoms with Crippen LogP contribution in [0.2, 0.25) is 0 Å². The third-order valence-electron chi connectivity index (χ3n) is 5.62. The van der Waals surface area contributed by atoms with Gasteiger partial charge in [-0.15, -0.1) is 0 Å². The van der Waals surface area contributed by atoms with Crippen LogP contribution < -0.4 is 0 Å². The number of nitrogens with zero attached hydrogens (tertiary/aromatic N) is 4. The van der Waals surface area contributed by atoms with E-state index in [0.717, 1.165) is 49.9 Å². The lowest BCUT2D eigenvalue weighted by Crippen LogP contribution is -2.49. The highest BCUT2D eigenvalue weighted by atomic mass is 16.2. The Morgan fingerprint density at radius 1 is 1.11 bits per heavy atom. The maximum Gasteiger partial charge on any atom is 0.253 e. The van der Waals surface area contributed by atoms with E-state index >= 15 is 0 Å². The van der Waals surface area contributed by atoms with E-state index in [0.29, 0.717) is 5.56 Å². The molecule has 1 fully saturated rings. The molecule has 28 heavy (non-hydrogen) atoms. The summed E-state index contributed by atoms with van der Waals surface area (Å²) >= 11 is 0. The van der Waals surface area contributed by atoms with Crippen molar-refractivity contribution in [3.05, 3.63) is 72.1 Å². The molecule has 0 spiro atoms. The van der Waals surface area contributed by atoms with Crippen LogP contribution in [0.3, 0.4) is 0 Å². The molecule has 0 bridgehead atoms. The molecule has 5 heteroatoms. The number of carbonyl (C=O) groups is 1. The summed E-state index contributed by atoms with van der Waals surface area (Å²) in [7, 11) is 1.93. The molecule has 1 saturated heterocycles. The van der Waals surface area contributed by atoms with Crippen molar-refractivity contribution in [3.63, 3.8) is 0 Å². The molecule has 1 aromatic heterocycles. The predicted molar refractivity (Wildman–Crippen MR) is 111 cm³/mol. The van der Waals surface area contributed by atoms with Crippen molar-refractivity contribution in [1.82, 2.24) is 19.8 Å². The Labute approximate surface area is 166 Å². The maximum atomic E-state index is 13.0. The molecule has 0 saturated carbocycles. The van der Waals surface area contributed by atoms with Gasteiger partial charge in [0.2, 0.25) is 0 Å². The van der Waals surface area contributed by atoms with Gasteiger partial charge in [0.05, 0.1) is 11.0 Å². The highest BCUT2D eigenvalue weighted by Gasteiger charge is 2.26. The van der Waals surface area contributed by atoms with Crippen molar-refractivity contribution in [2.45, 2.75) is 25.3 Å². The van der Waals surface area contributed by atoms with E-state index in [2.05, 4.69) is 45.2 Å². The summed E-state index contributed by atoms with van der Waals surface area (Å²) < 4.78 is 0. The van der Waals surface area contributed by atoms with Crippen LogP contribution in [0.15, 0.2) is 60.9 Å².